The van der Waals surface area contributed by atoms with Gasteiger partial charge in [-0.2, -0.15) is 0 Å². The molecular weight excluding hydrogens is 360 g/mol. The maximum atomic E-state index is 10.5. The Bertz CT molecular complexity index is 694. The van der Waals surface area contributed by atoms with Crippen molar-refractivity contribution in [1.29, 1.82) is 0 Å². The van der Waals surface area contributed by atoms with Crippen LogP contribution < -0.4 is 0 Å². The molecule has 2 aliphatic rings. The number of fused-ring (bicyclic) bond motifs is 1. The summed E-state index contributed by atoms with van der Waals surface area (Å²) in [7, 11) is 0. The van der Waals surface area contributed by atoms with Gasteiger partial charge in [-0.25, -0.2) is 0 Å². The molecule has 3 rings (SSSR count). The lowest BCUT2D eigenvalue weighted by atomic mass is 9.87. The predicted octanol–water partition coefficient (Wildman–Crippen LogP) is 4.57. The van der Waals surface area contributed by atoms with Gasteiger partial charge in [-0.3, -0.25) is 0 Å². The molecule has 5 atom stereocenters. The number of aliphatic hydroxyl groups excluding tert-OH is 1. The third-order valence-electron chi connectivity index (χ3n) is 5.13. The topological polar surface area (TPSA) is 47.9 Å². The fraction of sp³-hybridized carbons (Fsp3) is 0.636. The molecule has 2 heterocycles. The molecule has 4 nitrogen and oxygen atoms in total. The molecule has 0 aromatic heterocycles. The third kappa shape index (κ3) is 4.43. The van der Waals surface area contributed by atoms with Crippen LogP contribution in [-0.2, 0) is 19.6 Å². The monoisotopic (exact) mass is 392 g/mol. The van der Waals surface area contributed by atoms with E-state index in [1.54, 1.807) is 17.8 Å². The predicted molar refractivity (Wildman–Crippen MR) is 109 cm³/mol. The molecule has 0 amide bonds. The highest BCUT2D eigenvalue weighted by molar-refractivity contribution is 7.99. The van der Waals surface area contributed by atoms with E-state index in [0.717, 1.165) is 0 Å². The minimum absolute atomic E-state index is 0.0831. The number of hydrogen-bond acceptors (Lipinski definition) is 5. The lowest BCUT2D eigenvalue weighted by Gasteiger charge is -2.26. The summed E-state index contributed by atoms with van der Waals surface area (Å²) >= 11 is 1.66. The number of hydrogen-bond donors (Lipinski definition) is 1. The first-order valence-electron chi connectivity index (χ1n) is 9.60. The van der Waals surface area contributed by atoms with Gasteiger partial charge in [0, 0.05) is 4.90 Å². The van der Waals surface area contributed by atoms with Gasteiger partial charge in [-0.05, 0) is 49.8 Å². The molecule has 150 valence electrons. The summed E-state index contributed by atoms with van der Waals surface area (Å²) in [6, 6.07) is 6.59. The summed E-state index contributed by atoms with van der Waals surface area (Å²) < 4.78 is 18.5. The zero-order chi connectivity index (χ0) is 20.0. The van der Waals surface area contributed by atoms with Gasteiger partial charge in [0.2, 0.25) is 0 Å². The Balaban J connectivity index is 1.85. The van der Waals surface area contributed by atoms with Crippen molar-refractivity contribution in [2.45, 2.75) is 93.9 Å². The molecule has 0 bridgehead atoms. The number of benzene rings is 1. The van der Waals surface area contributed by atoms with E-state index in [9.17, 15) is 5.11 Å². The molecule has 0 unspecified atom stereocenters. The molecule has 0 saturated carbocycles. The van der Waals surface area contributed by atoms with Gasteiger partial charge >= 0.3 is 0 Å². The van der Waals surface area contributed by atoms with Crippen LogP contribution in [0.2, 0.25) is 0 Å². The van der Waals surface area contributed by atoms with Crippen molar-refractivity contribution in [2.24, 2.45) is 0 Å². The van der Waals surface area contributed by atoms with Crippen molar-refractivity contribution in [1.82, 2.24) is 0 Å². The van der Waals surface area contributed by atoms with E-state index in [0.29, 0.717) is 6.42 Å². The highest BCUT2D eigenvalue weighted by atomic mass is 32.2. The maximum Gasteiger partial charge on any atom is 0.164 e. The Morgan fingerprint density at radius 1 is 1.26 bits per heavy atom. The van der Waals surface area contributed by atoms with Crippen LogP contribution in [0.3, 0.4) is 0 Å². The first-order chi connectivity index (χ1) is 12.5. The molecule has 0 spiro atoms. The smallest absolute Gasteiger partial charge is 0.164 e. The molecular formula is C22H32O4S. The Morgan fingerprint density at radius 3 is 2.56 bits per heavy atom. The quantitative estimate of drug-likeness (QED) is 0.744. The SMILES string of the molecule is C=CC[C@@H](O)[C@H]1O[C@@H](Sc2cc(C(C)(C)C)ccc2C)[C@@H]2OC(C)(C)O[C@@H]21. The summed E-state index contributed by atoms with van der Waals surface area (Å²) in [5.41, 5.74) is 2.36. The van der Waals surface area contributed by atoms with Crippen LogP contribution in [0.15, 0.2) is 35.7 Å². The fourth-order valence-electron chi connectivity index (χ4n) is 3.62. The molecule has 1 aromatic rings. The Hall–Kier alpha value is -0.850. The van der Waals surface area contributed by atoms with Crippen LogP contribution in [0.4, 0.5) is 0 Å². The highest BCUT2D eigenvalue weighted by Crippen LogP contribution is 2.46. The van der Waals surface area contributed by atoms with E-state index in [4.69, 9.17) is 14.2 Å². The van der Waals surface area contributed by atoms with Crippen LogP contribution in [0.1, 0.15) is 52.2 Å². The van der Waals surface area contributed by atoms with E-state index in [1.165, 1.54) is 16.0 Å². The molecule has 5 heteroatoms. The summed E-state index contributed by atoms with van der Waals surface area (Å²) in [5, 5.41) is 10.5. The Labute approximate surface area is 167 Å². The van der Waals surface area contributed by atoms with Gasteiger partial charge in [0.25, 0.3) is 0 Å². The first kappa shape index (κ1) is 20.9. The molecule has 2 fully saturated rings. The minimum Gasteiger partial charge on any atom is -0.390 e. The fourth-order valence-corrected chi connectivity index (χ4v) is 4.85. The Morgan fingerprint density at radius 2 is 1.93 bits per heavy atom. The summed E-state index contributed by atoms with van der Waals surface area (Å²) in [6.07, 6.45) is 0.610. The lowest BCUT2D eigenvalue weighted by Crippen LogP contribution is -2.38. The van der Waals surface area contributed by atoms with Crippen molar-refractivity contribution in [3.05, 3.63) is 42.0 Å². The van der Waals surface area contributed by atoms with Crippen LogP contribution >= 0.6 is 11.8 Å². The zero-order valence-electron chi connectivity index (χ0n) is 17.2. The molecule has 2 aliphatic heterocycles. The standard InChI is InChI=1S/C22H32O4S/c1-8-9-15(23)17-18-19(26-22(6,7)25-18)20(24-17)27-16-12-14(21(3,4)5)11-10-13(16)2/h8,10-12,15,17-20,23H,1,9H2,2-7H3/t15-,17-,18-,19-,20+/m1/s1. The summed E-state index contributed by atoms with van der Waals surface area (Å²) in [4.78, 5) is 1.18. The van der Waals surface area contributed by atoms with Gasteiger partial charge in [0.15, 0.2) is 5.79 Å². The van der Waals surface area contributed by atoms with Gasteiger partial charge in [0.05, 0.1) is 6.10 Å². The van der Waals surface area contributed by atoms with Crippen molar-refractivity contribution >= 4 is 11.8 Å². The van der Waals surface area contributed by atoms with Gasteiger partial charge in [-0.1, -0.05) is 50.7 Å². The van der Waals surface area contributed by atoms with E-state index < -0.39 is 18.0 Å². The van der Waals surface area contributed by atoms with Crippen LogP contribution in [0.5, 0.6) is 0 Å². The molecule has 27 heavy (non-hydrogen) atoms. The molecule has 0 radical (unpaired) electrons. The highest BCUT2D eigenvalue weighted by Gasteiger charge is 2.57. The van der Waals surface area contributed by atoms with Crippen LogP contribution in [0.25, 0.3) is 0 Å². The zero-order valence-corrected chi connectivity index (χ0v) is 18.0. The first-order valence-corrected chi connectivity index (χ1v) is 10.5. The second-order valence-corrected chi connectivity index (χ2v) is 10.1. The Kier molecular flexibility index (Phi) is 5.82. The molecule has 1 aromatic carbocycles. The number of ether oxygens (including phenoxy) is 3. The second kappa shape index (κ2) is 7.53. The number of aryl methyl sites for hydroxylation is 1. The van der Waals surface area contributed by atoms with E-state index in [-0.39, 0.29) is 23.1 Å². The maximum absolute atomic E-state index is 10.5. The number of rotatable bonds is 5. The molecule has 0 aliphatic carbocycles. The van der Waals surface area contributed by atoms with Crippen molar-refractivity contribution < 1.29 is 19.3 Å². The van der Waals surface area contributed by atoms with Crippen molar-refractivity contribution in [3.8, 4) is 0 Å². The lowest BCUT2D eigenvalue weighted by molar-refractivity contribution is -0.187. The van der Waals surface area contributed by atoms with Gasteiger partial charge < -0.3 is 19.3 Å². The van der Waals surface area contributed by atoms with Crippen LogP contribution in [0, 0.1) is 6.92 Å². The average molecular weight is 393 g/mol. The second-order valence-electron chi connectivity index (χ2n) is 8.97. The summed E-state index contributed by atoms with van der Waals surface area (Å²) in [6.45, 7) is 16.3. The minimum atomic E-state index is -0.674. The summed E-state index contributed by atoms with van der Waals surface area (Å²) in [5.74, 6) is -0.674. The number of thioether (sulfide) groups is 1. The largest absolute Gasteiger partial charge is 0.390 e. The van der Waals surface area contributed by atoms with Crippen molar-refractivity contribution in [2.75, 3.05) is 0 Å². The molecule has 1 N–H and O–H groups in total. The van der Waals surface area contributed by atoms with Gasteiger partial charge in [-0.15, -0.1) is 6.58 Å². The van der Waals surface area contributed by atoms with Crippen molar-refractivity contribution in [3.63, 3.8) is 0 Å². The third-order valence-corrected chi connectivity index (χ3v) is 6.44. The van der Waals surface area contributed by atoms with E-state index >= 15 is 0 Å². The van der Waals surface area contributed by atoms with E-state index in [1.807, 2.05) is 13.8 Å². The average Bonchev–Trinajstić information content (AvgIpc) is 3.02. The molecule has 2 saturated heterocycles. The number of aliphatic hydroxyl groups is 1. The van der Waals surface area contributed by atoms with E-state index in [2.05, 4.69) is 52.5 Å². The normalized spacial score (nSPS) is 30.9. The van der Waals surface area contributed by atoms with Crippen LogP contribution in [-0.4, -0.2) is 40.7 Å². The van der Waals surface area contributed by atoms with Gasteiger partial charge in [0.1, 0.15) is 23.7 Å².